The van der Waals surface area contributed by atoms with Crippen LogP contribution in [0.4, 0.5) is 10.1 Å². The number of aliphatic carboxylic acids is 1. The predicted octanol–water partition coefficient (Wildman–Crippen LogP) is 3.63. The molecular weight excluding hydrogens is 383 g/mol. The SMILES string of the molecule is Cc1c(S(=O)(=O)Nc2ccccc2Cl)c2cc(F)ccc2n1CC(=O)O. The molecular formula is C17H14ClFN2O4S. The van der Waals surface area contributed by atoms with Gasteiger partial charge in [-0.05, 0) is 37.3 Å². The first-order valence-corrected chi connectivity index (χ1v) is 9.34. The van der Waals surface area contributed by atoms with Gasteiger partial charge >= 0.3 is 5.97 Å². The number of sulfonamides is 1. The van der Waals surface area contributed by atoms with Gasteiger partial charge in [-0.1, -0.05) is 23.7 Å². The Hall–Kier alpha value is -2.58. The van der Waals surface area contributed by atoms with Gasteiger partial charge in [0.15, 0.2) is 0 Å². The molecule has 9 heteroatoms. The van der Waals surface area contributed by atoms with Crippen LogP contribution in [0.15, 0.2) is 47.4 Å². The third kappa shape index (κ3) is 3.25. The number of hydrogen-bond acceptors (Lipinski definition) is 3. The first-order chi connectivity index (χ1) is 12.2. The number of anilines is 1. The maximum Gasteiger partial charge on any atom is 0.323 e. The fourth-order valence-electron chi connectivity index (χ4n) is 2.84. The number of para-hydroxylation sites is 1. The van der Waals surface area contributed by atoms with Crippen LogP contribution in [-0.2, 0) is 21.4 Å². The van der Waals surface area contributed by atoms with Gasteiger partial charge < -0.3 is 9.67 Å². The summed E-state index contributed by atoms with van der Waals surface area (Å²) in [7, 11) is -4.14. The van der Waals surface area contributed by atoms with Crippen molar-refractivity contribution in [3.8, 4) is 0 Å². The molecule has 0 saturated heterocycles. The second-order valence-corrected chi connectivity index (χ2v) is 7.67. The monoisotopic (exact) mass is 396 g/mol. The van der Waals surface area contributed by atoms with Crippen molar-refractivity contribution in [3.63, 3.8) is 0 Å². The molecule has 2 aromatic carbocycles. The lowest BCUT2D eigenvalue weighted by Gasteiger charge is -2.10. The van der Waals surface area contributed by atoms with Gasteiger partial charge in [-0.15, -0.1) is 0 Å². The highest BCUT2D eigenvalue weighted by Crippen LogP contribution is 2.33. The highest BCUT2D eigenvalue weighted by molar-refractivity contribution is 7.93. The van der Waals surface area contributed by atoms with Crippen LogP contribution < -0.4 is 4.72 Å². The molecule has 3 rings (SSSR count). The Morgan fingerprint density at radius 2 is 1.96 bits per heavy atom. The minimum atomic E-state index is -4.14. The Balaban J connectivity index is 2.23. The van der Waals surface area contributed by atoms with Crippen molar-refractivity contribution in [2.45, 2.75) is 18.4 Å². The van der Waals surface area contributed by atoms with Crippen LogP contribution in [0.2, 0.25) is 5.02 Å². The van der Waals surface area contributed by atoms with E-state index in [2.05, 4.69) is 4.72 Å². The van der Waals surface area contributed by atoms with Gasteiger partial charge in [0.1, 0.15) is 17.3 Å². The molecule has 0 saturated carbocycles. The summed E-state index contributed by atoms with van der Waals surface area (Å²) in [5.74, 6) is -1.77. The van der Waals surface area contributed by atoms with Crippen molar-refractivity contribution in [2.24, 2.45) is 0 Å². The number of carbonyl (C=O) groups is 1. The van der Waals surface area contributed by atoms with Crippen LogP contribution in [0.25, 0.3) is 10.9 Å². The smallest absolute Gasteiger partial charge is 0.323 e. The molecule has 0 aliphatic heterocycles. The van der Waals surface area contributed by atoms with Crippen molar-refractivity contribution >= 4 is 44.2 Å². The van der Waals surface area contributed by atoms with Crippen LogP contribution in [0, 0.1) is 12.7 Å². The molecule has 0 fully saturated rings. The molecule has 26 heavy (non-hydrogen) atoms. The van der Waals surface area contributed by atoms with Crippen LogP contribution in [0.3, 0.4) is 0 Å². The molecule has 3 aromatic rings. The summed E-state index contributed by atoms with van der Waals surface area (Å²) < 4.78 is 43.3. The number of aromatic nitrogens is 1. The minimum absolute atomic E-state index is 0.100. The van der Waals surface area contributed by atoms with Crippen molar-refractivity contribution in [1.82, 2.24) is 4.57 Å². The molecule has 0 aliphatic carbocycles. The number of nitrogens with zero attached hydrogens (tertiary/aromatic N) is 1. The second kappa shape index (κ2) is 6.62. The van der Waals surface area contributed by atoms with Crippen molar-refractivity contribution in [2.75, 3.05) is 4.72 Å². The average molecular weight is 397 g/mol. The van der Waals surface area contributed by atoms with Crippen molar-refractivity contribution < 1.29 is 22.7 Å². The minimum Gasteiger partial charge on any atom is -0.480 e. The highest BCUT2D eigenvalue weighted by Gasteiger charge is 2.27. The summed E-state index contributed by atoms with van der Waals surface area (Å²) >= 11 is 6.01. The molecule has 0 amide bonds. The van der Waals surface area contributed by atoms with Crippen LogP contribution >= 0.6 is 11.6 Å². The van der Waals surface area contributed by atoms with E-state index in [9.17, 15) is 17.6 Å². The second-order valence-electron chi connectivity index (χ2n) is 5.64. The summed E-state index contributed by atoms with van der Waals surface area (Å²) in [6, 6.07) is 9.87. The Morgan fingerprint density at radius 1 is 1.27 bits per heavy atom. The molecule has 1 aromatic heterocycles. The van der Waals surface area contributed by atoms with Crippen LogP contribution in [0.5, 0.6) is 0 Å². The summed E-state index contributed by atoms with van der Waals surface area (Å²) in [5, 5.41) is 9.41. The van der Waals surface area contributed by atoms with E-state index in [1.54, 1.807) is 12.1 Å². The quantitative estimate of drug-likeness (QED) is 0.689. The number of halogens is 2. The Labute approximate surface area is 153 Å². The largest absolute Gasteiger partial charge is 0.480 e. The molecule has 136 valence electrons. The van der Waals surface area contributed by atoms with E-state index in [-0.39, 0.29) is 26.7 Å². The van der Waals surface area contributed by atoms with E-state index in [0.29, 0.717) is 5.52 Å². The molecule has 0 bridgehead atoms. The third-order valence-corrected chi connectivity index (χ3v) is 5.78. The van der Waals surface area contributed by atoms with Gasteiger partial charge in [0.05, 0.1) is 16.2 Å². The summed E-state index contributed by atoms with van der Waals surface area (Å²) in [4.78, 5) is 11.0. The van der Waals surface area contributed by atoms with E-state index < -0.39 is 28.4 Å². The highest BCUT2D eigenvalue weighted by atomic mass is 35.5. The molecule has 0 spiro atoms. The third-order valence-electron chi connectivity index (χ3n) is 3.91. The molecule has 6 nitrogen and oxygen atoms in total. The first-order valence-electron chi connectivity index (χ1n) is 7.48. The number of benzene rings is 2. The van der Waals surface area contributed by atoms with Gasteiger partial charge in [0.25, 0.3) is 10.0 Å². The Kier molecular flexibility index (Phi) is 4.64. The van der Waals surface area contributed by atoms with E-state index in [1.807, 2.05) is 0 Å². The lowest BCUT2D eigenvalue weighted by molar-refractivity contribution is -0.137. The number of carboxylic acid groups (broad SMARTS) is 1. The molecule has 0 unspecified atom stereocenters. The van der Waals surface area contributed by atoms with Gasteiger partial charge in [0.2, 0.25) is 0 Å². The summed E-state index contributed by atoms with van der Waals surface area (Å²) in [6.45, 7) is 1.03. The van der Waals surface area contributed by atoms with E-state index in [4.69, 9.17) is 16.7 Å². The van der Waals surface area contributed by atoms with Crippen molar-refractivity contribution in [3.05, 3.63) is 59.0 Å². The molecule has 1 heterocycles. The molecule has 0 aliphatic rings. The van der Waals surface area contributed by atoms with Crippen LogP contribution in [0.1, 0.15) is 5.69 Å². The maximum absolute atomic E-state index is 13.7. The number of carboxylic acids is 1. The Bertz CT molecular complexity index is 1130. The molecule has 2 N–H and O–H groups in total. The lowest BCUT2D eigenvalue weighted by atomic mass is 10.2. The van der Waals surface area contributed by atoms with Gasteiger partial charge in [0, 0.05) is 11.1 Å². The lowest BCUT2D eigenvalue weighted by Crippen LogP contribution is -2.15. The van der Waals surface area contributed by atoms with Gasteiger partial charge in [-0.2, -0.15) is 0 Å². The molecule has 0 atom stereocenters. The summed E-state index contributed by atoms with van der Waals surface area (Å²) in [6.07, 6.45) is 0. The number of fused-ring (bicyclic) bond motifs is 1. The zero-order valence-electron chi connectivity index (χ0n) is 13.5. The van der Waals surface area contributed by atoms with Crippen LogP contribution in [-0.4, -0.2) is 24.1 Å². The molecule has 0 radical (unpaired) electrons. The normalized spacial score (nSPS) is 11.7. The zero-order valence-corrected chi connectivity index (χ0v) is 15.1. The Morgan fingerprint density at radius 3 is 2.62 bits per heavy atom. The van der Waals surface area contributed by atoms with E-state index in [1.165, 1.54) is 29.7 Å². The van der Waals surface area contributed by atoms with Gasteiger partial charge in [-0.3, -0.25) is 9.52 Å². The zero-order chi connectivity index (χ0) is 19.1. The first kappa shape index (κ1) is 18.2. The number of nitrogens with one attached hydrogen (secondary N) is 1. The fourth-order valence-corrected chi connectivity index (χ4v) is 4.60. The fraction of sp³-hybridized carbons (Fsp3) is 0.118. The van der Waals surface area contributed by atoms with Crippen molar-refractivity contribution in [1.29, 1.82) is 0 Å². The topological polar surface area (TPSA) is 88.4 Å². The maximum atomic E-state index is 13.7. The van der Waals surface area contributed by atoms with E-state index in [0.717, 1.165) is 12.1 Å². The number of rotatable bonds is 5. The predicted molar refractivity (Wildman–Crippen MR) is 96.5 cm³/mol. The van der Waals surface area contributed by atoms with Gasteiger partial charge in [-0.25, -0.2) is 12.8 Å². The summed E-state index contributed by atoms with van der Waals surface area (Å²) in [5.41, 5.74) is 0.669. The van der Waals surface area contributed by atoms with E-state index >= 15 is 0 Å². The number of hydrogen-bond donors (Lipinski definition) is 2. The average Bonchev–Trinajstić information content (AvgIpc) is 2.81. The standard InChI is InChI=1S/C17H14ClFN2O4S/c1-10-17(26(24,25)20-14-5-3-2-4-13(14)18)12-8-11(19)6-7-15(12)21(10)9-16(22)23/h2-8,20H,9H2,1H3,(H,22,23).